The Morgan fingerprint density at radius 1 is 1.06 bits per heavy atom. The summed E-state index contributed by atoms with van der Waals surface area (Å²) >= 11 is 0. The first-order valence-corrected chi connectivity index (χ1v) is 13.7. The van der Waals surface area contributed by atoms with Crippen LogP contribution in [0, 0.1) is 44.8 Å². The normalized spacial score (nSPS) is 46.3. The van der Waals surface area contributed by atoms with Crippen molar-refractivity contribution in [1.82, 2.24) is 0 Å². The van der Waals surface area contributed by atoms with Crippen LogP contribution in [0.25, 0.3) is 0 Å². The van der Waals surface area contributed by atoms with Gasteiger partial charge in [-0.25, -0.2) is 0 Å². The Labute approximate surface area is 204 Å². The predicted octanol–water partition coefficient (Wildman–Crippen LogP) is 8.52. The SMILES string of the molecule is C=C(C)C1CCC2(C)C(CC=C3C4CC(C)(C)CCC4(C)CCC32C)C1(C)CCC(=O)OC. The standard InChI is InChI=1S/C31H50O2/c1-21(2)22-12-15-31(8)25(29(22,6)14-13-26(32)33-9)11-10-23-24-20-27(3,4)16-17-28(24,5)18-19-30(23,31)7/h10,22,24-25H,1,11-20H2,2-9H3. The lowest BCUT2D eigenvalue weighted by Crippen LogP contribution is -2.61. The van der Waals surface area contributed by atoms with E-state index in [1.165, 1.54) is 57.6 Å². The Morgan fingerprint density at radius 2 is 1.73 bits per heavy atom. The summed E-state index contributed by atoms with van der Waals surface area (Å²) in [4.78, 5) is 12.2. The first-order valence-electron chi connectivity index (χ1n) is 13.7. The van der Waals surface area contributed by atoms with E-state index in [-0.39, 0.29) is 22.2 Å². The summed E-state index contributed by atoms with van der Waals surface area (Å²) in [6.07, 6.45) is 14.6. The third-order valence-electron chi connectivity index (χ3n) is 12.0. The zero-order valence-corrected chi connectivity index (χ0v) is 22.9. The molecule has 0 saturated heterocycles. The third kappa shape index (κ3) is 3.68. The van der Waals surface area contributed by atoms with E-state index in [9.17, 15) is 4.79 Å². The molecule has 0 aromatic carbocycles. The van der Waals surface area contributed by atoms with Crippen molar-refractivity contribution in [2.45, 2.75) is 113 Å². The minimum absolute atomic E-state index is 0.0694. The summed E-state index contributed by atoms with van der Waals surface area (Å²) < 4.78 is 5.07. The second-order valence-corrected chi connectivity index (χ2v) is 14.3. The fraction of sp³-hybridized carbons (Fsp3) is 0.839. The van der Waals surface area contributed by atoms with Crippen LogP contribution < -0.4 is 0 Å². The fourth-order valence-electron chi connectivity index (χ4n) is 9.52. The number of hydrogen-bond acceptors (Lipinski definition) is 2. The van der Waals surface area contributed by atoms with Crippen LogP contribution in [0.5, 0.6) is 0 Å². The highest BCUT2D eigenvalue weighted by Crippen LogP contribution is 2.74. The van der Waals surface area contributed by atoms with Crippen molar-refractivity contribution in [3.63, 3.8) is 0 Å². The van der Waals surface area contributed by atoms with Crippen molar-refractivity contribution in [2.75, 3.05) is 7.11 Å². The first-order chi connectivity index (χ1) is 15.2. The monoisotopic (exact) mass is 454 g/mol. The number of carbonyl (C=O) groups is 1. The minimum Gasteiger partial charge on any atom is -0.469 e. The zero-order valence-electron chi connectivity index (χ0n) is 22.9. The molecule has 2 heteroatoms. The Balaban J connectivity index is 1.76. The summed E-state index contributed by atoms with van der Waals surface area (Å²) in [6.45, 7) is 22.0. The molecule has 3 saturated carbocycles. The van der Waals surface area contributed by atoms with Crippen LogP contribution in [0.4, 0.5) is 0 Å². The topological polar surface area (TPSA) is 26.3 Å². The molecular formula is C31H50O2. The highest BCUT2D eigenvalue weighted by molar-refractivity contribution is 5.69. The molecular weight excluding hydrogens is 404 g/mol. The Kier molecular flexibility index (Phi) is 6.07. The maximum atomic E-state index is 12.2. The van der Waals surface area contributed by atoms with E-state index in [0.717, 1.165) is 18.8 Å². The van der Waals surface area contributed by atoms with E-state index in [0.29, 0.717) is 29.1 Å². The van der Waals surface area contributed by atoms with Gasteiger partial charge in [0.2, 0.25) is 0 Å². The van der Waals surface area contributed by atoms with Crippen molar-refractivity contribution in [3.8, 4) is 0 Å². The average molecular weight is 455 g/mol. The zero-order chi connectivity index (χ0) is 24.4. The largest absolute Gasteiger partial charge is 0.469 e. The molecule has 186 valence electrons. The van der Waals surface area contributed by atoms with E-state index < -0.39 is 0 Å². The molecule has 0 spiro atoms. The molecule has 2 nitrogen and oxygen atoms in total. The van der Waals surface area contributed by atoms with Crippen molar-refractivity contribution in [1.29, 1.82) is 0 Å². The van der Waals surface area contributed by atoms with Gasteiger partial charge in [-0.1, -0.05) is 65.3 Å². The molecule has 0 aliphatic heterocycles. The number of allylic oxidation sites excluding steroid dienone is 3. The van der Waals surface area contributed by atoms with Crippen LogP contribution >= 0.6 is 0 Å². The van der Waals surface area contributed by atoms with Crippen molar-refractivity contribution in [3.05, 3.63) is 23.8 Å². The van der Waals surface area contributed by atoms with Crippen molar-refractivity contribution < 1.29 is 9.53 Å². The Morgan fingerprint density at radius 3 is 2.36 bits per heavy atom. The molecule has 0 N–H and O–H groups in total. The van der Waals surface area contributed by atoms with Gasteiger partial charge in [-0.2, -0.15) is 0 Å². The van der Waals surface area contributed by atoms with Gasteiger partial charge in [0.15, 0.2) is 0 Å². The molecule has 33 heavy (non-hydrogen) atoms. The van der Waals surface area contributed by atoms with Gasteiger partial charge in [0, 0.05) is 6.42 Å². The molecule has 0 radical (unpaired) electrons. The lowest BCUT2D eigenvalue weighted by Gasteiger charge is -2.69. The summed E-state index contributed by atoms with van der Waals surface area (Å²) in [5.41, 5.74) is 4.67. The number of carbonyl (C=O) groups excluding carboxylic acids is 1. The lowest BCUT2D eigenvalue weighted by atomic mass is 9.35. The average Bonchev–Trinajstić information content (AvgIpc) is 2.73. The van der Waals surface area contributed by atoms with Gasteiger partial charge in [-0.15, -0.1) is 0 Å². The molecule has 7 unspecified atom stereocenters. The van der Waals surface area contributed by atoms with Crippen molar-refractivity contribution >= 4 is 5.97 Å². The number of esters is 1. The van der Waals surface area contributed by atoms with Crippen LogP contribution in [0.3, 0.4) is 0 Å². The van der Waals surface area contributed by atoms with Gasteiger partial charge in [-0.05, 0) is 110 Å². The van der Waals surface area contributed by atoms with Gasteiger partial charge < -0.3 is 4.74 Å². The number of methoxy groups -OCH3 is 1. The highest BCUT2D eigenvalue weighted by Gasteiger charge is 2.65. The highest BCUT2D eigenvalue weighted by atomic mass is 16.5. The second kappa shape index (κ2) is 7.99. The lowest BCUT2D eigenvalue weighted by molar-refractivity contribution is -0.151. The van der Waals surface area contributed by atoms with Gasteiger partial charge >= 0.3 is 5.97 Å². The van der Waals surface area contributed by atoms with Gasteiger partial charge in [0.25, 0.3) is 0 Å². The predicted molar refractivity (Wildman–Crippen MR) is 138 cm³/mol. The third-order valence-corrected chi connectivity index (χ3v) is 12.0. The van der Waals surface area contributed by atoms with E-state index in [1.54, 1.807) is 0 Å². The van der Waals surface area contributed by atoms with Crippen molar-refractivity contribution in [2.24, 2.45) is 44.8 Å². The van der Waals surface area contributed by atoms with Crippen LogP contribution in [0.2, 0.25) is 0 Å². The summed E-state index contributed by atoms with van der Waals surface area (Å²) in [5.74, 6) is 1.74. The number of hydrogen-bond donors (Lipinski definition) is 0. The minimum atomic E-state index is -0.0694. The van der Waals surface area contributed by atoms with Gasteiger partial charge in [0.1, 0.15) is 0 Å². The van der Waals surface area contributed by atoms with E-state index in [2.05, 4.69) is 61.1 Å². The molecule has 0 amide bonds. The van der Waals surface area contributed by atoms with E-state index >= 15 is 0 Å². The summed E-state index contributed by atoms with van der Waals surface area (Å²) in [7, 11) is 1.52. The molecule has 0 heterocycles. The Hall–Kier alpha value is -1.05. The molecule has 4 aliphatic carbocycles. The fourth-order valence-corrected chi connectivity index (χ4v) is 9.52. The Bertz CT molecular complexity index is 851. The summed E-state index contributed by atoms with van der Waals surface area (Å²) in [5, 5.41) is 0. The smallest absolute Gasteiger partial charge is 0.305 e. The molecule has 4 aliphatic rings. The first kappa shape index (κ1) is 25.1. The number of rotatable bonds is 4. The number of ether oxygens (including phenoxy) is 1. The molecule has 0 aromatic heterocycles. The van der Waals surface area contributed by atoms with E-state index in [1.807, 2.05) is 5.57 Å². The molecule has 0 bridgehead atoms. The molecule has 3 fully saturated rings. The van der Waals surface area contributed by atoms with Crippen LogP contribution in [0.15, 0.2) is 23.8 Å². The van der Waals surface area contributed by atoms with Crippen LogP contribution in [-0.4, -0.2) is 13.1 Å². The van der Waals surface area contributed by atoms with Crippen LogP contribution in [0.1, 0.15) is 113 Å². The number of fused-ring (bicyclic) bond motifs is 5. The maximum absolute atomic E-state index is 12.2. The second-order valence-electron chi connectivity index (χ2n) is 14.3. The molecule has 4 rings (SSSR count). The van der Waals surface area contributed by atoms with Gasteiger partial charge in [-0.3, -0.25) is 4.79 Å². The molecule has 7 atom stereocenters. The van der Waals surface area contributed by atoms with Gasteiger partial charge in [0.05, 0.1) is 7.11 Å². The molecule has 0 aromatic rings. The van der Waals surface area contributed by atoms with E-state index in [4.69, 9.17) is 4.74 Å². The maximum Gasteiger partial charge on any atom is 0.305 e. The quantitative estimate of drug-likeness (QED) is 0.314. The van der Waals surface area contributed by atoms with Crippen LogP contribution in [-0.2, 0) is 9.53 Å². The summed E-state index contributed by atoms with van der Waals surface area (Å²) in [6, 6.07) is 0.